The maximum atomic E-state index is 12.3. The summed E-state index contributed by atoms with van der Waals surface area (Å²) in [4.78, 5) is 58.8. The number of carboxylic acids is 1. The Balaban J connectivity index is 2.15. The number of ether oxygens (including phenoxy) is 4. The predicted octanol–water partition coefficient (Wildman–Crippen LogP) is 1.85. The molecule has 0 radical (unpaired) electrons. The van der Waals surface area contributed by atoms with Crippen molar-refractivity contribution >= 4 is 47.5 Å². The molecule has 1 fully saturated rings. The third-order valence-electron chi connectivity index (χ3n) is 4.94. The number of halogens is 1. The number of benzene rings is 1. The van der Waals surface area contributed by atoms with E-state index in [-0.39, 0.29) is 29.9 Å². The van der Waals surface area contributed by atoms with Crippen molar-refractivity contribution in [2.75, 3.05) is 6.07 Å². The van der Waals surface area contributed by atoms with Crippen molar-refractivity contribution in [3.8, 4) is 23.6 Å². The molecule has 0 unspecified atom stereocenters. The predicted molar refractivity (Wildman–Crippen MR) is 113 cm³/mol. The van der Waals surface area contributed by atoms with Gasteiger partial charge in [0.15, 0.2) is 35.1 Å². The van der Waals surface area contributed by atoms with E-state index in [4.69, 9.17) is 36.3 Å². The van der Waals surface area contributed by atoms with Crippen LogP contribution in [0, 0.1) is 28.1 Å². The molecule has 0 amide bonds. The second kappa shape index (κ2) is 12.2. The van der Waals surface area contributed by atoms with E-state index < -0.39 is 47.4 Å². The van der Waals surface area contributed by atoms with Crippen molar-refractivity contribution in [3.63, 3.8) is 0 Å². The highest BCUT2D eigenvalue weighted by molar-refractivity contribution is 6.17. The van der Waals surface area contributed by atoms with Gasteiger partial charge in [0.1, 0.15) is 6.10 Å². The van der Waals surface area contributed by atoms with Gasteiger partial charge >= 0.3 is 29.8 Å². The zero-order valence-electron chi connectivity index (χ0n) is 17.9. The minimum absolute atomic E-state index is 0.00879. The molecule has 1 aromatic carbocycles. The Morgan fingerprint density at radius 1 is 1.11 bits per heavy atom. The van der Waals surface area contributed by atoms with Crippen LogP contribution in [0.3, 0.4) is 0 Å². The van der Waals surface area contributed by atoms with Crippen LogP contribution in [0.1, 0.15) is 31.2 Å². The molecule has 2 rings (SSSR count). The Hall–Kier alpha value is -4.42. The highest BCUT2D eigenvalue weighted by Crippen LogP contribution is 2.39. The first-order valence-electron chi connectivity index (χ1n) is 9.88. The molecular weight excluding hydrogens is 488 g/mol. The second-order valence-corrected chi connectivity index (χ2v) is 7.34. The second-order valence-electron chi connectivity index (χ2n) is 7.13. The van der Waals surface area contributed by atoms with E-state index in [1.54, 1.807) is 0 Å². The van der Waals surface area contributed by atoms with Crippen molar-refractivity contribution in [2.24, 2.45) is 5.41 Å². The summed E-state index contributed by atoms with van der Waals surface area (Å²) in [6, 6.07) is 5.60. The molecular formula is C22H17ClN2O10. The Labute approximate surface area is 203 Å². The molecule has 35 heavy (non-hydrogen) atoms. The molecule has 1 aliphatic rings. The SMILES string of the molecule is N#CC(=O)Oc1ccc(/C=C/C(=O)O[C@H]2CCC[C@](C(=O)O)(C(=O)OCCl)C2)cc1OC(=O)C#N. The molecule has 0 aliphatic heterocycles. The average Bonchev–Trinajstić information content (AvgIpc) is 2.83. The lowest BCUT2D eigenvalue weighted by molar-refractivity contribution is -0.176. The Bertz CT molecular complexity index is 1150. The quantitative estimate of drug-likeness (QED) is 0.135. The molecule has 2 atom stereocenters. The van der Waals surface area contributed by atoms with E-state index in [0.29, 0.717) is 12.8 Å². The van der Waals surface area contributed by atoms with Gasteiger partial charge in [0.2, 0.25) is 0 Å². The topological polar surface area (TPSA) is 190 Å². The first-order valence-corrected chi connectivity index (χ1v) is 10.4. The number of carbonyl (C=O) groups is 5. The number of carboxylic acid groups (broad SMARTS) is 1. The lowest BCUT2D eigenvalue weighted by Gasteiger charge is -2.34. The van der Waals surface area contributed by atoms with Crippen LogP contribution in [0.4, 0.5) is 0 Å². The highest BCUT2D eigenvalue weighted by atomic mass is 35.5. The number of carbonyl (C=O) groups excluding carboxylic acids is 4. The van der Waals surface area contributed by atoms with Gasteiger partial charge < -0.3 is 24.1 Å². The smallest absolute Gasteiger partial charge is 0.416 e. The number of esters is 4. The van der Waals surface area contributed by atoms with Crippen LogP contribution in [0.25, 0.3) is 6.08 Å². The van der Waals surface area contributed by atoms with Gasteiger partial charge in [-0.15, -0.1) is 0 Å². The van der Waals surface area contributed by atoms with Gasteiger partial charge in [0.25, 0.3) is 0 Å². The van der Waals surface area contributed by atoms with Crippen LogP contribution >= 0.6 is 11.6 Å². The average molecular weight is 505 g/mol. The van der Waals surface area contributed by atoms with Gasteiger partial charge in [0, 0.05) is 12.5 Å². The first-order chi connectivity index (χ1) is 16.6. The number of rotatable bonds is 8. The van der Waals surface area contributed by atoms with Gasteiger partial charge in [-0.3, -0.25) is 9.59 Å². The van der Waals surface area contributed by atoms with Crippen LogP contribution in [-0.4, -0.2) is 47.1 Å². The van der Waals surface area contributed by atoms with Crippen molar-refractivity contribution < 1.29 is 48.0 Å². The number of alkyl halides is 1. The van der Waals surface area contributed by atoms with E-state index in [1.807, 2.05) is 0 Å². The van der Waals surface area contributed by atoms with Crippen molar-refractivity contribution in [2.45, 2.75) is 31.8 Å². The largest absolute Gasteiger partial charge is 0.480 e. The fraction of sp³-hybridized carbons (Fsp3) is 0.318. The molecule has 0 heterocycles. The molecule has 13 heteroatoms. The van der Waals surface area contributed by atoms with E-state index in [1.165, 1.54) is 30.3 Å². The molecule has 1 aromatic rings. The molecule has 1 N–H and O–H groups in total. The van der Waals surface area contributed by atoms with E-state index in [9.17, 15) is 29.1 Å². The van der Waals surface area contributed by atoms with E-state index >= 15 is 0 Å². The third kappa shape index (κ3) is 7.03. The van der Waals surface area contributed by atoms with Gasteiger partial charge in [0.05, 0.1) is 0 Å². The van der Waals surface area contributed by atoms with Crippen LogP contribution in [0.5, 0.6) is 11.5 Å². The zero-order valence-corrected chi connectivity index (χ0v) is 18.6. The van der Waals surface area contributed by atoms with Crippen LogP contribution in [0.2, 0.25) is 0 Å². The minimum Gasteiger partial charge on any atom is -0.480 e. The molecule has 1 saturated carbocycles. The van der Waals surface area contributed by atoms with Gasteiger partial charge in [-0.25, -0.2) is 14.4 Å². The van der Waals surface area contributed by atoms with Crippen LogP contribution in [-0.2, 0) is 33.4 Å². The van der Waals surface area contributed by atoms with E-state index in [0.717, 1.165) is 12.1 Å². The number of nitrogens with zero attached hydrogens (tertiary/aromatic N) is 2. The number of aliphatic carboxylic acids is 1. The molecule has 0 saturated heterocycles. The van der Waals surface area contributed by atoms with Gasteiger partial charge in [-0.05, 0) is 43.0 Å². The van der Waals surface area contributed by atoms with Crippen molar-refractivity contribution in [1.29, 1.82) is 10.5 Å². The molecule has 182 valence electrons. The molecule has 0 bridgehead atoms. The number of hydrogen-bond acceptors (Lipinski definition) is 11. The Morgan fingerprint density at radius 3 is 2.37 bits per heavy atom. The summed E-state index contributed by atoms with van der Waals surface area (Å²) in [6.07, 6.45) is 1.72. The summed E-state index contributed by atoms with van der Waals surface area (Å²) in [7, 11) is 0. The third-order valence-corrected chi connectivity index (χ3v) is 5.05. The lowest BCUT2D eigenvalue weighted by Crippen LogP contribution is -2.46. The monoisotopic (exact) mass is 504 g/mol. The van der Waals surface area contributed by atoms with E-state index in [2.05, 4.69) is 4.74 Å². The van der Waals surface area contributed by atoms with Crippen LogP contribution in [0.15, 0.2) is 24.3 Å². The van der Waals surface area contributed by atoms with Gasteiger partial charge in [-0.2, -0.15) is 10.5 Å². The lowest BCUT2D eigenvalue weighted by atomic mass is 9.73. The van der Waals surface area contributed by atoms with Gasteiger partial charge in [-0.1, -0.05) is 17.7 Å². The molecule has 0 aromatic heterocycles. The number of nitriles is 2. The fourth-order valence-electron chi connectivity index (χ4n) is 3.39. The Kier molecular flexibility index (Phi) is 9.32. The molecule has 12 nitrogen and oxygen atoms in total. The summed E-state index contributed by atoms with van der Waals surface area (Å²) < 4.78 is 19.4. The molecule has 1 aliphatic carbocycles. The maximum Gasteiger partial charge on any atom is 0.416 e. The first kappa shape index (κ1) is 26.8. The fourth-order valence-corrected chi connectivity index (χ4v) is 3.48. The Morgan fingerprint density at radius 2 is 1.77 bits per heavy atom. The normalized spacial score (nSPS) is 19.0. The summed E-state index contributed by atoms with van der Waals surface area (Å²) in [5.41, 5.74) is -1.62. The summed E-state index contributed by atoms with van der Waals surface area (Å²) in [6.45, 7) is 0. The standard InChI is InChI=1S/C22H17ClN2O10/c23-12-32-21(31)22(20(29)30)7-1-2-14(9-22)33-17(26)6-4-13-3-5-15(34-18(27)10-24)16(8-13)35-19(28)11-25/h3-6,8,14H,1-2,7,9,12H2,(H,29,30)/b6-4+/t14-,22-/m0/s1. The summed E-state index contributed by atoms with van der Waals surface area (Å²) in [5, 5.41) is 26.8. The van der Waals surface area contributed by atoms with Crippen LogP contribution < -0.4 is 9.47 Å². The summed E-state index contributed by atoms with van der Waals surface area (Å²) in [5.74, 6) is -6.52. The number of hydrogen-bond donors (Lipinski definition) is 1. The zero-order chi connectivity index (χ0) is 26.0. The molecule has 0 spiro atoms. The van der Waals surface area contributed by atoms with Crippen molar-refractivity contribution in [1.82, 2.24) is 0 Å². The van der Waals surface area contributed by atoms with Crippen molar-refractivity contribution in [3.05, 3.63) is 29.8 Å². The summed E-state index contributed by atoms with van der Waals surface area (Å²) >= 11 is 5.38. The highest BCUT2D eigenvalue weighted by Gasteiger charge is 2.51. The minimum atomic E-state index is -1.88. The maximum absolute atomic E-state index is 12.3.